The Kier molecular flexibility index (Phi) is 9.84. The number of guanidine groups is 1. The van der Waals surface area contributed by atoms with Crippen LogP contribution < -0.4 is 15.4 Å². The molecule has 148 valence electrons. The van der Waals surface area contributed by atoms with Gasteiger partial charge in [0.15, 0.2) is 5.96 Å². The molecule has 2 aromatic carbocycles. The SMILES string of the molecule is CCNC(=NCc1cc(F)ccc1F)NCCc1ccc(OC)cc1O.I. The lowest BCUT2D eigenvalue weighted by atomic mass is 10.1. The summed E-state index contributed by atoms with van der Waals surface area (Å²) in [6.07, 6.45) is 0.564. The van der Waals surface area contributed by atoms with Crippen LogP contribution in [0.4, 0.5) is 8.78 Å². The maximum atomic E-state index is 13.7. The molecular weight excluding hydrogens is 467 g/mol. The lowest BCUT2D eigenvalue weighted by Gasteiger charge is -2.12. The van der Waals surface area contributed by atoms with Crippen LogP contribution in [0.2, 0.25) is 0 Å². The van der Waals surface area contributed by atoms with E-state index in [4.69, 9.17) is 4.74 Å². The topological polar surface area (TPSA) is 65.9 Å². The summed E-state index contributed by atoms with van der Waals surface area (Å²) in [6.45, 7) is 3.07. The van der Waals surface area contributed by atoms with Crippen LogP contribution in [0, 0.1) is 11.6 Å². The summed E-state index contributed by atoms with van der Waals surface area (Å²) in [5.74, 6) is 0.254. The van der Waals surface area contributed by atoms with Crippen LogP contribution in [-0.2, 0) is 13.0 Å². The minimum atomic E-state index is -0.496. The van der Waals surface area contributed by atoms with E-state index >= 15 is 0 Å². The monoisotopic (exact) mass is 491 g/mol. The quantitative estimate of drug-likeness (QED) is 0.315. The molecule has 0 unspecified atom stereocenters. The molecule has 0 atom stereocenters. The summed E-state index contributed by atoms with van der Waals surface area (Å²) in [7, 11) is 1.54. The third kappa shape index (κ3) is 7.20. The lowest BCUT2D eigenvalue weighted by Crippen LogP contribution is -2.38. The molecule has 3 N–H and O–H groups in total. The molecular formula is C19H24F2IN3O2. The van der Waals surface area contributed by atoms with E-state index in [2.05, 4.69) is 15.6 Å². The molecule has 5 nitrogen and oxygen atoms in total. The van der Waals surface area contributed by atoms with Gasteiger partial charge in [-0.1, -0.05) is 6.07 Å². The Hall–Kier alpha value is -2.10. The summed E-state index contributed by atoms with van der Waals surface area (Å²) in [5, 5.41) is 16.1. The van der Waals surface area contributed by atoms with E-state index in [1.54, 1.807) is 18.2 Å². The van der Waals surface area contributed by atoms with Crippen molar-refractivity contribution in [2.24, 2.45) is 4.99 Å². The third-order valence-corrected chi connectivity index (χ3v) is 3.74. The van der Waals surface area contributed by atoms with Gasteiger partial charge >= 0.3 is 0 Å². The Morgan fingerprint density at radius 3 is 2.56 bits per heavy atom. The second-order valence-electron chi connectivity index (χ2n) is 5.60. The Labute approximate surface area is 174 Å². The number of nitrogens with one attached hydrogen (secondary N) is 2. The summed E-state index contributed by atoms with van der Waals surface area (Å²) in [5.41, 5.74) is 0.959. The first-order valence-electron chi connectivity index (χ1n) is 8.35. The average Bonchev–Trinajstić information content (AvgIpc) is 2.63. The van der Waals surface area contributed by atoms with Gasteiger partial charge in [0.1, 0.15) is 23.1 Å². The smallest absolute Gasteiger partial charge is 0.191 e. The fraction of sp³-hybridized carbons (Fsp3) is 0.316. The highest BCUT2D eigenvalue weighted by Crippen LogP contribution is 2.23. The first kappa shape index (κ1) is 22.9. The molecule has 0 spiro atoms. The molecule has 0 aliphatic carbocycles. The van der Waals surface area contributed by atoms with Gasteiger partial charge in [-0.3, -0.25) is 0 Å². The van der Waals surface area contributed by atoms with Crippen molar-refractivity contribution >= 4 is 29.9 Å². The summed E-state index contributed by atoms with van der Waals surface area (Å²) in [6, 6.07) is 8.43. The van der Waals surface area contributed by atoms with Gasteiger partial charge in [0.2, 0.25) is 0 Å². The van der Waals surface area contributed by atoms with Crippen molar-refractivity contribution < 1.29 is 18.6 Å². The summed E-state index contributed by atoms with van der Waals surface area (Å²) in [4.78, 5) is 4.27. The van der Waals surface area contributed by atoms with Crippen molar-refractivity contribution in [2.45, 2.75) is 19.9 Å². The second kappa shape index (κ2) is 11.6. The van der Waals surface area contributed by atoms with Crippen LogP contribution >= 0.6 is 24.0 Å². The minimum Gasteiger partial charge on any atom is -0.508 e. The van der Waals surface area contributed by atoms with Crippen LogP contribution in [0.1, 0.15) is 18.1 Å². The molecule has 2 rings (SSSR count). The maximum Gasteiger partial charge on any atom is 0.191 e. The van der Waals surface area contributed by atoms with E-state index in [1.165, 1.54) is 7.11 Å². The number of hydrogen-bond acceptors (Lipinski definition) is 3. The largest absolute Gasteiger partial charge is 0.508 e. The maximum absolute atomic E-state index is 13.7. The van der Waals surface area contributed by atoms with Gasteiger partial charge in [0, 0.05) is 24.7 Å². The summed E-state index contributed by atoms with van der Waals surface area (Å²) < 4.78 is 31.9. The van der Waals surface area contributed by atoms with Crippen molar-refractivity contribution in [1.29, 1.82) is 0 Å². The number of rotatable bonds is 7. The highest BCUT2D eigenvalue weighted by atomic mass is 127. The van der Waals surface area contributed by atoms with Crippen LogP contribution in [-0.4, -0.2) is 31.3 Å². The lowest BCUT2D eigenvalue weighted by molar-refractivity contribution is 0.406. The van der Waals surface area contributed by atoms with Crippen molar-refractivity contribution in [2.75, 3.05) is 20.2 Å². The van der Waals surface area contributed by atoms with Crippen molar-refractivity contribution in [3.8, 4) is 11.5 Å². The number of phenols is 1. The molecule has 0 fully saturated rings. The van der Waals surface area contributed by atoms with E-state index in [0.29, 0.717) is 31.2 Å². The second-order valence-corrected chi connectivity index (χ2v) is 5.60. The Morgan fingerprint density at radius 2 is 1.89 bits per heavy atom. The number of ether oxygens (including phenoxy) is 1. The molecule has 0 saturated heterocycles. The number of methoxy groups -OCH3 is 1. The molecule has 0 amide bonds. The molecule has 27 heavy (non-hydrogen) atoms. The normalized spacial score (nSPS) is 10.9. The van der Waals surface area contributed by atoms with Gasteiger partial charge in [-0.05, 0) is 43.2 Å². The molecule has 0 bridgehead atoms. The Bertz CT molecular complexity index is 773. The predicted octanol–water partition coefficient (Wildman–Crippen LogP) is 3.59. The van der Waals surface area contributed by atoms with Gasteiger partial charge in [-0.25, -0.2) is 13.8 Å². The number of hydrogen-bond donors (Lipinski definition) is 3. The zero-order valence-electron chi connectivity index (χ0n) is 15.3. The molecule has 0 aliphatic rings. The number of aromatic hydroxyl groups is 1. The van der Waals surface area contributed by atoms with E-state index in [-0.39, 0.29) is 41.8 Å². The predicted molar refractivity (Wildman–Crippen MR) is 113 cm³/mol. The van der Waals surface area contributed by atoms with E-state index in [1.807, 2.05) is 6.92 Å². The van der Waals surface area contributed by atoms with E-state index in [9.17, 15) is 13.9 Å². The third-order valence-electron chi connectivity index (χ3n) is 3.74. The molecule has 0 aliphatic heterocycles. The van der Waals surface area contributed by atoms with E-state index < -0.39 is 11.6 Å². The van der Waals surface area contributed by atoms with Crippen LogP contribution in [0.5, 0.6) is 11.5 Å². The Morgan fingerprint density at radius 1 is 1.11 bits per heavy atom. The molecule has 0 radical (unpaired) electrons. The van der Waals surface area contributed by atoms with Crippen molar-refractivity contribution in [3.63, 3.8) is 0 Å². The molecule has 0 aromatic heterocycles. The number of halogens is 3. The van der Waals surface area contributed by atoms with Gasteiger partial charge in [0.05, 0.1) is 13.7 Å². The van der Waals surface area contributed by atoms with Crippen molar-refractivity contribution in [1.82, 2.24) is 10.6 Å². The Balaban J connectivity index is 0.00000364. The van der Waals surface area contributed by atoms with E-state index in [0.717, 1.165) is 23.8 Å². The first-order valence-corrected chi connectivity index (χ1v) is 8.35. The van der Waals surface area contributed by atoms with Gasteiger partial charge in [-0.2, -0.15) is 0 Å². The molecule has 8 heteroatoms. The fourth-order valence-corrected chi connectivity index (χ4v) is 2.37. The fourth-order valence-electron chi connectivity index (χ4n) is 2.37. The highest BCUT2D eigenvalue weighted by Gasteiger charge is 2.06. The van der Waals surface area contributed by atoms with Crippen LogP contribution in [0.25, 0.3) is 0 Å². The summed E-state index contributed by atoms with van der Waals surface area (Å²) >= 11 is 0. The molecule has 0 saturated carbocycles. The number of nitrogens with zero attached hydrogens (tertiary/aromatic N) is 1. The van der Waals surface area contributed by atoms with Crippen LogP contribution in [0.3, 0.4) is 0 Å². The van der Waals surface area contributed by atoms with Gasteiger partial charge in [-0.15, -0.1) is 24.0 Å². The van der Waals surface area contributed by atoms with Gasteiger partial charge in [0.25, 0.3) is 0 Å². The zero-order chi connectivity index (χ0) is 18.9. The standard InChI is InChI=1S/C19H23F2N3O2.HI/c1-3-22-19(24-12-14-10-15(20)5-7-17(14)21)23-9-8-13-4-6-16(26-2)11-18(13)25;/h4-7,10-11,25H,3,8-9,12H2,1-2H3,(H2,22,23,24);1H. The molecule has 0 heterocycles. The first-order chi connectivity index (χ1) is 12.5. The van der Waals surface area contributed by atoms with Crippen molar-refractivity contribution in [3.05, 3.63) is 59.2 Å². The zero-order valence-corrected chi connectivity index (χ0v) is 17.6. The van der Waals surface area contributed by atoms with Gasteiger partial charge < -0.3 is 20.5 Å². The number of phenolic OH excluding ortho intramolecular Hbond substituents is 1. The number of aliphatic imine (C=N–C) groups is 1. The highest BCUT2D eigenvalue weighted by molar-refractivity contribution is 14.0. The average molecular weight is 491 g/mol. The molecule has 2 aromatic rings. The number of benzene rings is 2. The minimum absolute atomic E-state index is 0. The van der Waals surface area contributed by atoms with Crippen LogP contribution in [0.15, 0.2) is 41.4 Å².